The Labute approximate surface area is 208 Å². The molecule has 0 saturated carbocycles. The molecule has 3 aromatic rings. The van der Waals surface area contributed by atoms with Crippen LogP contribution in [0, 0.1) is 10.1 Å². The summed E-state index contributed by atoms with van der Waals surface area (Å²) in [6.07, 6.45) is 1.30. The molecule has 0 atom stereocenters. The highest BCUT2D eigenvalue weighted by Crippen LogP contribution is 2.26. The first kappa shape index (κ1) is 25.4. The number of hydrogen-bond acceptors (Lipinski definition) is 8. The lowest BCUT2D eigenvalue weighted by Gasteiger charge is -2.09. The van der Waals surface area contributed by atoms with Crippen molar-refractivity contribution in [3.63, 3.8) is 0 Å². The van der Waals surface area contributed by atoms with Gasteiger partial charge >= 0.3 is 11.7 Å². The molecule has 0 heterocycles. The van der Waals surface area contributed by atoms with Crippen molar-refractivity contribution in [2.24, 2.45) is 5.10 Å². The summed E-state index contributed by atoms with van der Waals surface area (Å²) in [5, 5.41) is 14.9. The molecule has 0 radical (unpaired) electrons. The van der Waals surface area contributed by atoms with Crippen LogP contribution in [0.15, 0.2) is 76.3 Å². The van der Waals surface area contributed by atoms with E-state index in [0.29, 0.717) is 28.0 Å². The van der Waals surface area contributed by atoms with Gasteiger partial charge in [0, 0.05) is 16.1 Å². The molecule has 180 valence electrons. The first-order valence-corrected chi connectivity index (χ1v) is 11.1. The van der Waals surface area contributed by atoms with Crippen molar-refractivity contribution >= 4 is 39.7 Å². The molecule has 3 rings (SSSR count). The second kappa shape index (κ2) is 12.3. The summed E-state index contributed by atoms with van der Waals surface area (Å²) in [7, 11) is 0. The van der Waals surface area contributed by atoms with Gasteiger partial charge < -0.3 is 14.2 Å². The van der Waals surface area contributed by atoms with E-state index >= 15 is 0 Å². The molecule has 0 saturated heterocycles. The molecular weight excluding hydrogens is 522 g/mol. The molecule has 3 aromatic carbocycles. The Hall–Kier alpha value is -4.25. The van der Waals surface area contributed by atoms with E-state index in [1.807, 2.05) is 6.92 Å². The number of carbonyl (C=O) groups is 2. The van der Waals surface area contributed by atoms with Gasteiger partial charge in [0.05, 0.1) is 23.3 Å². The molecule has 0 aliphatic carbocycles. The number of nitro groups is 1. The number of nitrogens with zero attached hydrogens (tertiary/aromatic N) is 2. The number of hydrazone groups is 1. The first-order valence-electron chi connectivity index (χ1n) is 10.3. The van der Waals surface area contributed by atoms with Crippen molar-refractivity contribution in [2.75, 3.05) is 13.2 Å². The van der Waals surface area contributed by atoms with Gasteiger partial charge in [0.1, 0.15) is 11.5 Å². The van der Waals surface area contributed by atoms with E-state index in [1.165, 1.54) is 24.4 Å². The van der Waals surface area contributed by atoms with Crippen molar-refractivity contribution in [3.05, 3.63) is 92.4 Å². The number of rotatable bonds is 10. The molecule has 11 heteroatoms. The van der Waals surface area contributed by atoms with Crippen LogP contribution in [0.4, 0.5) is 5.69 Å². The van der Waals surface area contributed by atoms with Gasteiger partial charge in [-0.25, -0.2) is 10.2 Å². The minimum atomic E-state index is -0.637. The summed E-state index contributed by atoms with van der Waals surface area (Å²) in [6, 6.07) is 17.2. The average molecular weight is 542 g/mol. The van der Waals surface area contributed by atoms with Gasteiger partial charge in [0.2, 0.25) is 0 Å². The number of hydrogen-bond donors (Lipinski definition) is 1. The number of carbonyl (C=O) groups excluding carboxylic acids is 2. The van der Waals surface area contributed by atoms with E-state index in [2.05, 4.69) is 26.5 Å². The summed E-state index contributed by atoms with van der Waals surface area (Å²) in [4.78, 5) is 35.0. The van der Waals surface area contributed by atoms with E-state index in [9.17, 15) is 19.7 Å². The zero-order chi connectivity index (χ0) is 25.2. The third-order valence-corrected chi connectivity index (χ3v) is 4.88. The molecule has 0 unspecified atom stereocenters. The molecule has 0 spiro atoms. The van der Waals surface area contributed by atoms with Crippen LogP contribution >= 0.6 is 15.9 Å². The number of halogens is 1. The summed E-state index contributed by atoms with van der Waals surface area (Å²) in [5.41, 5.74) is 2.76. The fourth-order valence-electron chi connectivity index (χ4n) is 2.81. The van der Waals surface area contributed by atoms with Crippen LogP contribution in [-0.2, 0) is 4.79 Å². The third-order valence-electron chi connectivity index (χ3n) is 4.39. The van der Waals surface area contributed by atoms with E-state index < -0.39 is 23.4 Å². The largest absolute Gasteiger partial charge is 0.494 e. The Balaban J connectivity index is 1.62. The number of ether oxygens (including phenoxy) is 3. The van der Waals surface area contributed by atoms with Gasteiger partial charge in [0.15, 0.2) is 12.4 Å². The van der Waals surface area contributed by atoms with E-state index in [4.69, 9.17) is 14.2 Å². The molecule has 0 aromatic heterocycles. The summed E-state index contributed by atoms with van der Waals surface area (Å²) in [6.45, 7) is 1.89. The van der Waals surface area contributed by atoms with Crippen LogP contribution in [-0.4, -0.2) is 36.2 Å². The van der Waals surface area contributed by atoms with Gasteiger partial charge in [0.25, 0.3) is 5.91 Å². The zero-order valence-electron chi connectivity index (χ0n) is 18.5. The smallest absolute Gasteiger partial charge is 0.343 e. The molecule has 35 heavy (non-hydrogen) atoms. The molecule has 10 nitrogen and oxygen atoms in total. The topological polar surface area (TPSA) is 129 Å². The van der Waals surface area contributed by atoms with Crippen LogP contribution in [0.2, 0.25) is 0 Å². The number of benzene rings is 3. The second-order valence-electron chi connectivity index (χ2n) is 6.84. The van der Waals surface area contributed by atoms with Crippen LogP contribution < -0.4 is 19.6 Å². The van der Waals surface area contributed by atoms with E-state index in [0.717, 1.165) is 0 Å². The van der Waals surface area contributed by atoms with Crippen molar-refractivity contribution in [1.29, 1.82) is 0 Å². The lowest BCUT2D eigenvalue weighted by atomic mass is 10.2. The summed E-state index contributed by atoms with van der Waals surface area (Å²) >= 11 is 3.34. The van der Waals surface area contributed by atoms with E-state index in [-0.39, 0.29) is 17.2 Å². The highest BCUT2D eigenvalue weighted by Gasteiger charge is 2.15. The van der Waals surface area contributed by atoms with Crippen molar-refractivity contribution in [2.45, 2.75) is 6.92 Å². The van der Waals surface area contributed by atoms with Crippen LogP contribution in [0.3, 0.4) is 0 Å². The zero-order valence-corrected chi connectivity index (χ0v) is 20.1. The number of esters is 1. The van der Waals surface area contributed by atoms with Crippen molar-refractivity contribution < 1.29 is 28.7 Å². The molecule has 1 N–H and O–H groups in total. The number of nitrogens with one attached hydrogen (secondary N) is 1. The number of nitro benzene ring substituents is 1. The van der Waals surface area contributed by atoms with Gasteiger partial charge in [-0.3, -0.25) is 14.9 Å². The van der Waals surface area contributed by atoms with E-state index in [1.54, 1.807) is 48.5 Å². The molecule has 0 bridgehead atoms. The molecule has 1 amide bonds. The molecule has 0 aliphatic rings. The van der Waals surface area contributed by atoms with Gasteiger partial charge in [-0.1, -0.05) is 28.1 Å². The molecule has 0 aliphatic heterocycles. The lowest BCUT2D eigenvalue weighted by Crippen LogP contribution is -2.24. The fraction of sp³-hybridized carbons (Fsp3) is 0.125. The minimum Gasteiger partial charge on any atom is -0.494 e. The van der Waals surface area contributed by atoms with Crippen molar-refractivity contribution in [1.82, 2.24) is 5.43 Å². The summed E-state index contributed by atoms with van der Waals surface area (Å²) in [5.74, 6) is -0.385. The molecular formula is C24H20BrN3O7. The van der Waals surface area contributed by atoms with Crippen LogP contribution in [0.5, 0.6) is 17.2 Å². The fourth-order valence-corrected chi connectivity index (χ4v) is 3.18. The van der Waals surface area contributed by atoms with Crippen molar-refractivity contribution in [3.8, 4) is 17.2 Å². The van der Waals surface area contributed by atoms with Gasteiger partial charge in [-0.15, -0.1) is 0 Å². The van der Waals surface area contributed by atoms with Gasteiger partial charge in [-0.05, 0) is 55.5 Å². The lowest BCUT2D eigenvalue weighted by molar-refractivity contribution is -0.385. The first-order chi connectivity index (χ1) is 16.9. The second-order valence-corrected chi connectivity index (χ2v) is 7.75. The maximum atomic E-state index is 12.5. The van der Waals surface area contributed by atoms with Crippen LogP contribution in [0.1, 0.15) is 22.8 Å². The number of para-hydroxylation sites is 2. The molecule has 0 fully saturated rings. The standard InChI is InChI=1S/C24H20BrN3O7/c1-2-33-19-10-7-16(8-11-19)24(30)35-21-12-9-18(25)13-17(21)14-26-27-23(29)15-34-22-6-4-3-5-20(22)28(31)32/h3-14H,2,15H2,1H3,(H,27,29). The number of amides is 1. The SMILES string of the molecule is CCOc1ccc(C(=O)Oc2ccc(Br)cc2C=NNC(=O)COc2ccccc2[N+](=O)[O-])cc1. The Morgan fingerprint density at radius 2 is 1.80 bits per heavy atom. The predicted molar refractivity (Wildman–Crippen MR) is 131 cm³/mol. The Bertz CT molecular complexity index is 1250. The summed E-state index contributed by atoms with van der Waals surface area (Å²) < 4.78 is 16.8. The Morgan fingerprint density at radius 3 is 2.51 bits per heavy atom. The van der Waals surface area contributed by atoms with Crippen LogP contribution in [0.25, 0.3) is 0 Å². The monoisotopic (exact) mass is 541 g/mol. The Morgan fingerprint density at radius 1 is 1.06 bits per heavy atom. The highest BCUT2D eigenvalue weighted by molar-refractivity contribution is 9.10. The minimum absolute atomic E-state index is 0.0351. The normalized spacial score (nSPS) is 10.6. The quantitative estimate of drug-likeness (QED) is 0.131. The Kier molecular flexibility index (Phi) is 8.90. The third kappa shape index (κ3) is 7.37. The van der Waals surface area contributed by atoms with Gasteiger partial charge in [-0.2, -0.15) is 5.10 Å². The maximum Gasteiger partial charge on any atom is 0.343 e. The highest BCUT2D eigenvalue weighted by atomic mass is 79.9. The average Bonchev–Trinajstić information content (AvgIpc) is 2.85. The predicted octanol–water partition coefficient (Wildman–Crippen LogP) is 4.50. The maximum absolute atomic E-state index is 12.5.